The molecule has 2 aromatic heterocycles. The Balaban J connectivity index is 1.87. The number of nitrogens with one attached hydrogen (secondary N) is 1. The molecule has 164 valence electrons. The van der Waals surface area contributed by atoms with E-state index < -0.39 is 5.91 Å². The Morgan fingerprint density at radius 1 is 1.16 bits per heavy atom. The average Bonchev–Trinajstić information content (AvgIpc) is 3.47. The molecule has 0 bridgehead atoms. The van der Waals surface area contributed by atoms with E-state index in [0.29, 0.717) is 18.1 Å². The number of rotatable bonds is 6. The molecule has 0 saturated carbocycles. The number of hydrogen-bond donors (Lipinski definition) is 3. The van der Waals surface area contributed by atoms with E-state index in [4.69, 9.17) is 9.05 Å². The van der Waals surface area contributed by atoms with Crippen molar-refractivity contribution in [2.75, 3.05) is 24.5 Å². The molecule has 0 unspecified atom stereocenters. The number of aromatic nitrogens is 3. The fourth-order valence-corrected chi connectivity index (χ4v) is 3.67. The van der Waals surface area contributed by atoms with Gasteiger partial charge in [0.15, 0.2) is 11.5 Å². The van der Waals surface area contributed by atoms with Crippen LogP contribution in [0.5, 0.6) is 11.5 Å². The number of hydrogen-bond acceptors (Lipinski definition) is 9. The van der Waals surface area contributed by atoms with Gasteiger partial charge in [-0.1, -0.05) is 24.2 Å². The van der Waals surface area contributed by atoms with E-state index in [-0.39, 0.29) is 45.8 Å². The van der Waals surface area contributed by atoms with Gasteiger partial charge in [-0.15, -0.1) is 0 Å². The van der Waals surface area contributed by atoms with Crippen LogP contribution in [0.3, 0.4) is 0 Å². The number of aromatic hydroxyl groups is 2. The van der Waals surface area contributed by atoms with Crippen molar-refractivity contribution in [1.82, 2.24) is 20.6 Å². The van der Waals surface area contributed by atoms with Gasteiger partial charge in [-0.3, -0.25) is 4.79 Å². The molecular weight excluding hydrogens is 402 g/mol. The van der Waals surface area contributed by atoms with Gasteiger partial charge in [0.2, 0.25) is 5.82 Å². The largest absolute Gasteiger partial charge is 0.508 e. The Bertz CT molecular complexity index is 1100. The molecule has 3 heterocycles. The van der Waals surface area contributed by atoms with E-state index in [1.165, 1.54) is 6.07 Å². The van der Waals surface area contributed by atoms with Crippen molar-refractivity contribution in [1.29, 1.82) is 0 Å². The molecule has 0 radical (unpaired) electrons. The summed E-state index contributed by atoms with van der Waals surface area (Å²) in [5.41, 5.74) is 1.09. The highest BCUT2D eigenvalue weighted by Crippen LogP contribution is 2.42. The van der Waals surface area contributed by atoms with Crippen LogP contribution in [0, 0.1) is 0 Å². The molecule has 1 saturated heterocycles. The molecular formula is C21H25N5O5. The highest BCUT2D eigenvalue weighted by molar-refractivity contribution is 6.01. The predicted octanol–water partition coefficient (Wildman–Crippen LogP) is 3.28. The third-order valence-corrected chi connectivity index (χ3v) is 5.27. The van der Waals surface area contributed by atoms with Crippen molar-refractivity contribution in [2.45, 2.75) is 39.5 Å². The lowest BCUT2D eigenvalue weighted by molar-refractivity contribution is 0.0947. The van der Waals surface area contributed by atoms with Gasteiger partial charge in [-0.05, 0) is 37.3 Å². The quantitative estimate of drug-likeness (QED) is 0.541. The van der Waals surface area contributed by atoms with E-state index in [2.05, 4.69) is 20.6 Å². The molecule has 1 aromatic carbocycles. The van der Waals surface area contributed by atoms with Crippen LogP contribution in [-0.4, -0.2) is 51.1 Å². The topological polar surface area (TPSA) is 138 Å². The first-order valence-corrected chi connectivity index (χ1v) is 10.3. The van der Waals surface area contributed by atoms with Crippen LogP contribution >= 0.6 is 0 Å². The smallest absolute Gasteiger partial charge is 0.324 e. The molecule has 10 nitrogen and oxygen atoms in total. The SMILES string of the molecule is CCNC(=O)c1noc(-c2cc(C(C)C)c(O)cc2O)c1-c1noc(N2CCCC2)n1. The predicted molar refractivity (Wildman–Crippen MR) is 112 cm³/mol. The van der Waals surface area contributed by atoms with Gasteiger partial charge in [0.1, 0.15) is 17.1 Å². The van der Waals surface area contributed by atoms with Gasteiger partial charge in [0.05, 0.1) is 5.56 Å². The van der Waals surface area contributed by atoms with Crippen molar-refractivity contribution in [3.63, 3.8) is 0 Å². The molecule has 0 aliphatic carbocycles. The summed E-state index contributed by atoms with van der Waals surface area (Å²) in [5, 5.41) is 31.4. The van der Waals surface area contributed by atoms with E-state index in [9.17, 15) is 15.0 Å². The van der Waals surface area contributed by atoms with Crippen LogP contribution in [0.15, 0.2) is 21.2 Å². The van der Waals surface area contributed by atoms with Crippen LogP contribution in [-0.2, 0) is 0 Å². The molecule has 3 N–H and O–H groups in total. The average molecular weight is 427 g/mol. The van der Waals surface area contributed by atoms with Crippen molar-refractivity contribution in [2.24, 2.45) is 0 Å². The first-order chi connectivity index (χ1) is 14.9. The second-order valence-electron chi connectivity index (χ2n) is 7.77. The van der Waals surface area contributed by atoms with E-state index >= 15 is 0 Å². The summed E-state index contributed by atoms with van der Waals surface area (Å²) in [5.74, 6) is -0.461. The minimum Gasteiger partial charge on any atom is -0.508 e. The van der Waals surface area contributed by atoms with E-state index in [0.717, 1.165) is 25.9 Å². The Morgan fingerprint density at radius 3 is 2.58 bits per heavy atom. The molecule has 1 fully saturated rings. The number of phenols is 2. The summed E-state index contributed by atoms with van der Waals surface area (Å²) >= 11 is 0. The Morgan fingerprint density at radius 2 is 1.90 bits per heavy atom. The highest BCUT2D eigenvalue weighted by Gasteiger charge is 2.31. The van der Waals surface area contributed by atoms with Crippen LogP contribution in [0.25, 0.3) is 22.7 Å². The van der Waals surface area contributed by atoms with Gasteiger partial charge in [-0.25, -0.2) is 0 Å². The first kappa shape index (κ1) is 20.7. The second kappa shape index (κ2) is 8.29. The lowest BCUT2D eigenvalue weighted by atomic mass is 9.96. The summed E-state index contributed by atoms with van der Waals surface area (Å²) in [6.45, 7) is 7.65. The van der Waals surface area contributed by atoms with E-state index in [1.807, 2.05) is 18.7 Å². The first-order valence-electron chi connectivity index (χ1n) is 10.3. The van der Waals surface area contributed by atoms with Crippen LogP contribution in [0.4, 0.5) is 6.01 Å². The maximum Gasteiger partial charge on any atom is 0.324 e. The molecule has 1 aliphatic rings. The van der Waals surface area contributed by atoms with Crippen LogP contribution in [0.2, 0.25) is 0 Å². The summed E-state index contributed by atoms with van der Waals surface area (Å²) < 4.78 is 10.9. The van der Waals surface area contributed by atoms with Crippen LogP contribution in [0.1, 0.15) is 55.6 Å². The molecule has 3 aromatic rings. The second-order valence-corrected chi connectivity index (χ2v) is 7.77. The molecule has 0 spiro atoms. The zero-order valence-electron chi connectivity index (χ0n) is 17.7. The Hall–Kier alpha value is -3.56. The standard InChI is InChI=1S/C21H25N5O5/c1-4-22-20(29)17-16(19-23-21(31-25-19)26-7-5-6-8-26)18(30-24-17)13-9-12(11(2)3)14(27)10-15(13)28/h9-11,27-28H,4-8H2,1-3H3,(H,22,29). The lowest BCUT2D eigenvalue weighted by Gasteiger charge is -2.12. The van der Waals surface area contributed by atoms with Gasteiger partial charge in [0, 0.05) is 25.7 Å². The fraction of sp³-hybridized carbons (Fsp3) is 0.429. The minimum atomic E-state index is -0.456. The summed E-state index contributed by atoms with van der Waals surface area (Å²) in [6.07, 6.45) is 2.08. The summed E-state index contributed by atoms with van der Waals surface area (Å²) in [6, 6.07) is 3.22. The molecule has 1 amide bonds. The zero-order chi connectivity index (χ0) is 22.1. The Kier molecular flexibility index (Phi) is 5.53. The number of anilines is 1. The number of phenolic OH excluding ortho intramolecular Hbond substituents is 2. The molecule has 1 aliphatic heterocycles. The number of carbonyl (C=O) groups is 1. The molecule has 0 atom stereocenters. The van der Waals surface area contributed by atoms with Gasteiger partial charge >= 0.3 is 6.01 Å². The number of nitrogens with zero attached hydrogens (tertiary/aromatic N) is 4. The van der Waals surface area contributed by atoms with Crippen molar-refractivity contribution in [3.05, 3.63) is 23.4 Å². The highest BCUT2D eigenvalue weighted by atomic mass is 16.5. The van der Waals surface area contributed by atoms with Crippen molar-refractivity contribution < 1.29 is 24.1 Å². The number of carbonyl (C=O) groups excluding carboxylic acids is 1. The molecule has 10 heteroatoms. The fourth-order valence-electron chi connectivity index (χ4n) is 3.67. The maximum atomic E-state index is 12.6. The van der Waals surface area contributed by atoms with Crippen LogP contribution < -0.4 is 10.2 Å². The maximum absolute atomic E-state index is 12.6. The molecule has 31 heavy (non-hydrogen) atoms. The normalized spacial score (nSPS) is 13.9. The van der Waals surface area contributed by atoms with Gasteiger partial charge < -0.3 is 29.5 Å². The van der Waals surface area contributed by atoms with Gasteiger partial charge in [-0.2, -0.15) is 4.98 Å². The zero-order valence-corrected chi connectivity index (χ0v) is 17.7. The van der Waals surface area contributed by atoms with E-state index in [1.54, 1.807) is 13.0 Å². The summed E-state index contributed by atoms with van der Waals surface area (Å²) in [4.78, 5) is 19.1. The van der Waals surface area contributed by atoms with Crippen molar-refractivity contribution in [3.8, 4) is 34.2 Å². The number of benzene rings is 1. The van der Waals surface area contributed by atoms with Crippen molar-refractivity contribution >= 4 is 11.9 Å². The third-order valence-electron chi connectivity index (χ3n) is 5.27. The number of amides is 1. The molecule has 4 rings (SSSR count). The van der Waals surface area contributed by atoms with Gasteiger partial charge in [0.25, 0.3) is 5.91 Å². The Labute approximate surface area is 178 Å². The lowest BCUT2D eigenvalue weighted by Crippen LogP contribution is -2.23. The minimum absolute atomic E-state index is 0.0100. The summed E-state index contributed by atoms with van der Waals surface area (Å²) in [7, 11) is 0. The third kappa shape index (κ3) is 3.80. The monoisotopic (exact) mass is 427 g/mol.